The second kappa shape index (κ2) is 7.77. The summed E-state index contributed by atoms with van der Waals surface area (Å²) in [6.07, 6.45) is -0.0728. The zero-order chi connectivity index (χ0) is 17.8. The fraction of sp³-hybridized carbons (Fsp3) is 0.150. The van der Waals surface area contributed by atoms with Crippen LogP contribution in [0.15, 0.2) is 60.7 Å². The number of fused-ring (bicyclic) bond motifs is 1. The lowest BCUT2D eigenvalue weighted by Crippen LogP contribution is -2.32. The molecule has 0 spiro atoms. The molecule has 3 aromatic carbocycles. The predicted molar refractivity (Wildman–Crippen MR) is 104 cm³/mol. The molecule has 1 unspecified atom stereocenters. The van der Waals surface area contributed by atoms with Gasteiger partial charge in [-0.05, 0) is 36.1 Å². The Hall–Kier alpha value is -2.23. The molecule has 0 aliphatic rings. The first kappa shape index (κ1) is 17.6. The van der Waals surface area contributed by atoms with Gasteiger partial charge in [0.2, 0.25) is 0 Å². The van der Waals surface area contributed by atoms with E-state index < -0.39 is 6.10 Å². The zero-order valence-electron chi connectivity index (χ0n) is 13.6. The Morgan fingerprint density at radius 2 is 1.80 bits per heavy atom. The Balaban J connectivity index is 1.79. The quantitative estimate of drug-likeness (QED) is 0.600. The van der Waals surface area contributed by atoms with Crippen molar-refractivity contribution in [2.45, 2.75) is 19.4 Å². The van der Waals surface area contributed by atoms with Crippen LogP contribution in [0.3, 0.4) is 0 Å². The third-order valence-corrected chi connectivity index (χ3v) is 4.61. The molecule has 1 N–H and O–H groups in total. The van der Waals surface area contributed by atoms with E-state index in [0.717, 1.165) is 10.8 Å². The predicted octanol–water partition coefficient (Wildman–Crippen LogP) is 5.94. The number of anilines is 1. The molecule has 0 saturated carbocycles. The van der Waals surface area contributed by atoms with Gasteiger partial charge in [-0.25, -0.2) is 0 Å². The molecule has 0 aliphatic heterocycles. The zero-order valence-corrected chi connectivity index (χ0v) is 15.1. The number of carbonyl (C=O) groups is 1. The number of rotatable bonds is 5. The lowest BCUT2D eigenvalue weighted by atomic mass is 10.1. The van der Waals surface area contributed by atoms with Crippen LogP contribution in [0.25, 0.3) is 10.8 Å². The highest BCUT2D eigenvalue weighted by Crippen LogP contribution is 2.28. The first-order chi connectivity index (χ1) is 12.1. The fourth-order valence-electron chi connectivity index (χ4n) is 2.57. The van der Waals surface area contributed by atoms with Crippen molar-refractivity contribution in [1.29, 1.82) is 0 Å². The summed E-state index contributed by atoms with van der Waals surface area (Å²) in [5, 5.41) is 5.70. The van der Waals surface area contributed by atoms with Crippen molar-refractivity contribution in [2.75, 3.05) is 5.32 Å². The van der Waals surface area contributed by atoms with E-state index in [1.807, 2.05) is 49.4 Å². The molecule has 3 rings (SSSR count). The smallest absolute Gasteiger partial charge is 0.265 e. The van der Waals surface area contributed by atoms with Crippen molar-refractivity contribution in [1.82, 2.24) is 0 Å². The van der Waals surface area contributed by atoms with Gasteiger partial charge in [0.1, 0.15) is 5.75 Å². The number of benzene rings is 3. The number of hydrogen-bond donors (Lipinski definition) is 1. The molecule has 0 aromatic heterocycles. The van der Waals surface area contributed by atoms with Crippen LogP contribution in [-0.4, -0.2) is 12.0 Å². The summed E-state index contributed by atoms with van der Waals surface area (Å²) in [6.45, 7) is 1.91. The van der Waals surface area contributed by atoms with Gasteiger partial charge in [-0.3, -0.25) is 4.79 Å². The Labute approximate surface area is 156 Å². The molecular weight excluding hydrogens is 357 g/mol. The SMILES string of the molecule is CCC(Oc1cccc2ccccc12)C(=O)Nc1ccc(Cl)c(Cl)c1. The lowest BCUT2D eigenvalue weighted by Gasteiger charge is -2.18. The van der Waals surface area contributed by atoms with Gasteiger partial charge in [0.05, 0.1) is 10.0 Å². The number of ether oxygens (including phenoxy) is 1. The van der Waals surface area contributed by atoms with Gasteiger partial charge < -0.3 is 10.1 Å². The molecule has 1 atom stereocenters. The van der Waals surface area contributed by atoms with E-state index >= 15 is 0 Å². The third kappa shape index (κ3) is 4.06. The number of carbonyl (C=O) groups excluding carboxylic acids is 1. The summed E-state index contributed by atoms with van der Waals surface area (Å²) >= 11 is 11.9. The van der Waals surface area contributed by atoms with Gasteiger partial charge in [-0.2, -0.15) is 0 Å². The maximum Gasteiger partial charge on any atom is 0.265 e. The van der Waals surface area contributed by atoms with E-state index in [1.165, 1.54) is 0 Å². The highest BCUT2D eigenvalue weighted by atomic mass is 35.5. The largest absolute Gasteiger partial charge is 0.480 e. The maximum atomic E-state index is 12.6. The minimum Gasteiger partial charge on any atom is -0.480 e. The first-order valence-electron chi connectivity index (χ1n) is 7.99. The van der Waals surface area contributed by atoms with Crippen LogP contribution < -0.4 is 10.1 Å². The summed E-state index contributed by atoms with van der Waals surface area (Å²) < 4.78 is 5.99. The van der Waals surface area contributed by atoms with Crippen molar-refractivity contribution in [2.24, 2.45) is 0 Å². The average Bonchev–Trinajstić information content (AvgIpc) is 2.62. The summed E-state index contributed by atoms with van der Waals surface area (Å²) in [5.74, 6) is 0.461. The lowest BCUT2D eigenvalue weighted by molar-refractivity contribution is -0.122. The molecule has 128 valence electrons. The number of nitrogens with one attached hydrogen (secondary N) is 1. The average molecular weight is 374 g/mol. The monoisotopic (exact) mass is 373 g/mol. The van der Waals surface area contributed by atoms with Crippen LogP contribution in [-0.2, 0) is 4.79 Å². The van der Waals surface area contributed by atoms with Gasteiger partial charge in [-0.1, -0.05) is 66.5 Å². The van der Waals surface area contributed by atoms with Gasteiger partial charge in [-0.15, -0.1) is 0 Å². The van der Waals surface area contributed by atoms with E-state index in [1.54, 1.807) is 18.2 Å². The Morgan fingerprint density at radius 3 is 2.56 bits per heavy atom. The van der Waals surface area contributed by atoms with E-state index in [0.29, 0.717) is 27.9 Å². The first-order valence-corrected chi connectivity index (χ1v) is 8.74. The van der Waals surface area contributed by atoms with Crippen molar-refractivity contribution in [3.8, 4) is 5.75 Å². The third-order valence-electron chi connectivity index (χ3n) is 3.87. The molecule has 0 saturated heterocycles. The van der Waals surface area contributed by atoms with Gasteiger partial charge >= 0.3 is 0 Å². The molecule has 0 bridgehead atoms. The van der Waals surface area contributed by atoms with Crippen LogP contribution in [0.5, 0.6) is 5.75 Å². The topological polar surface area (TPSA) is 38.3 Å². The van der Waals surface area contributed by atoms with Crippen LogP contribution >= 0.6 is 23.2 Å². The second-order valence-corrected chi connectivity index (χ2v) is 6.42. The fourth-order valence-corrected chi connectivity index (χ4v) is 2.87. The molecule has 0 fully saturated rings. The number of amides is 1. The standard InChI is InChI=1S/C20H17Cl2NO2/c1-2-18(20(24)23-14-10-11-16(21)17(22)12-14)25-19-9-5-7-13-6-3-4-8-15(13)19/h3-12,18H,2H2,1H3,(H,23,24). The van der Waals surface area contributed by atoms with Crippen molar-refractivity contribution in [3.05, 3.63) is 70.7 Å². The number of halogens is 2. The van der Waals surface area contributed by atoms with Crippen molar-refractivity contribution >= 4 is 45.6 Å². The van der Waals surface area contributed by atoms with E-state index in [9.17, 15) is 4.79 Å². The summed E-state index contributed by atoms with van der Waals surface area (Å²) in [6, 6.07) is 18.7. The highest BCUT2D eigenvalue weighted by molar-refractivity contribution is 6.42. The van der Waals surface area contributed by atoms with Gasteiger partial charge in [0.15, 0.2) is 6.10 Å². The minimum atomic E-state index is -0.611. The summed E-state index contributed by atoms with van der Waals surface area (Å²) in [7, 11) is 0. The van der Waals surface area contributed by atoms with E-state index in [-0.39, 0.29) is 5.91 Å². The van der Waals surface area contributed by atoms with E-state index in [2.05, 4.69) is 5.32 Å². The molecular formula is C20H17Cl2NO2. The second-order valence-electron chi connectivity index (χ2n) is 5.61. The minimum absolute atomic E-state index is 0.228. The van der Waals surface area contributed by atoms with Gasteiger partial charge in [0, 0.05) is 11.1 Å². The molecule has 0 aliphatic carbocycles. The van der Waals surface area contributed by atoms with Crippen LogP contribution in [0.2, 0.25) is 10.0 Å². The van der Waals surface area contributed by atoms with Crippen LogP contribution in [0.1, 0.15) is 13.3 Å². The molecule has 5 heteroatoms. The van der Waals surface area contributed by atoms with E-state index in [4.69, 9.17) is 27.9 Å². The molecule has 3 aromatic rings. The summed E-state index contributed by atoms with van der Waals surface area (Å²) in [4.78, 5) is 12.6. The molecule has 1 amide bonds. The maximum absolute atomic E-state index is 12.6. The molecule has 0 radical (unpaired) electrons. The molecule has 3 nitrogen and oxygen atoms in total. The Morgan fingerprint density at radius 1 is 1.04 bits per heavy atom. The van der Waals surface area contributed by atoms with Gasteiger partial charge in [0.25, 0.3) is 5.91 Å². The summed E-state index contributed by atoms with van der Waals surface area (Å²) in [5.41, 5.74) is 0.583. The number of hydrogen-bond acceptors (Lipinski definition) is 2. The van der Waals surface area contributed by atoms with Crippen molar-refractivity contribution < 1.29 is 9.53 Å². The normalized spacial score (nSPS) is 12.0. The highest BCUT2D eigenvalue weighted by Gasteiger charge is 2.19. The molecule has 25 heavy (non-hydrogen) atoms. The van der Waals surface area contributed by atoms with Crippen LogP contribution in [0.4, 0.5) is 5.69 Å². The Kier molecular flexibility index (Phi) is 5.47. The van der Waals surface area contributed by atoms with Crippen LogP contribution in [0, 0.1) is 0 Å². The van der Waals surface area contributed by atoms with Crippen molar-refractivity contribution in [3.63, 3.8) is 0 Å². The molecule has 0 heterocycles. The Bertz CT molecular complexity index is 906.